The number of ether oxygens (including phenoxy) is 1. The molecule has 1 saturated carbocycles. The molecule has 0 bridgehead atoms. The van der Waals surface area contributed by atoms with Crippen LogP contribution in [0.4, 0.5) is 5.69 Å². The van der Waals surface area contributed by atoms with Gasteiger partial charge in [-0.15, -0.1) is 0 Å². The van der Waals surface area contributed by atoms with Gasteiger partial charge in [0.1, 0.15) is 5.75 Å². The third-order valence-electron chi connectivity index (χ3n) is 4.26. The lowest BCUT2D eigenvalue weighted by molar-refractivity contribution is -0.384. The van der Waals surface area contributed by atoms with Gasteiger partial charge < -0.3 is 14.5 Å². The summed E-state index contributed by atoms with van der Waals surface area (Å²) in [5.41, 5.74) is -0.0767. The molecule has 1 aliphatic carbocycles. The number of carbonyl (C=O) groups is 2. The monoisotopic (exact) mass is 333 g/mol. The predicted molar refractivity (Wildman–Crippen MR) is 84.5 cm³/mol. The summed E-state index contributed by atoms with van der Waals surface area (Å²) in [5, 5.41) is 10.7. The maximum absolute atomic E-state index is 12.2. The molecular formula is C16H19N3O5. The number of benzene rings is 1. The van der Waals surface area contributed by atoms with Gasteiger partial charge in [-0.25, -0.2) is 0 Å². The van der Waals surface area contributed by atoms with E-state index in [-0.39, 0.29) is 30.0 Å². The van der Waals surface area contributed by atoms with Crippen molar-refractivity contribution >= 4 is 17.5 Å². The maximum atomic E-state index is 12.2. The highest BCUT2D eigenvalue weighted by molar-refractivity contribution is 5.82. The summed E-state index contributed by atoms with van der Waals surface area (Å²) in [4.78, 5) is 37.8. The van der Waals surface area contributed by atoms with Crippen LogP contribution in [0.15, 0.2) is 24.3 Å². The molecule has 1 aromatic rings. The average Bonchev–Trinajstić information content (AvgIpc) is 3.44. The number of nitro benzene ring substituents is 1. The van der Waals surface area contributed by atoms with Crippen molar-refractivity contribution in [3.63, 3.8) is 0 Å². The Labute approximate surface area is 139 Å². The highest BCUT2D eigenvalue weighted by Gasteiger charge is 2.35. The molecule has 0 aromatic heterocycles. The minimum Gasteiger partial charge on any atom is -0.484 e. The van der Waals surface area contributed by atoms with Gasteiger partial charge in [-0.05, 0) is 18.9 Å². The van der Waals surface area contributed by atoms with Crippen molar-refractivity contribution in [1.29, 1.82) is 0 Å². The number of rotatable bonds is 5. The Kier molecular flexibility index (Phi) is 4.64. The topological polar surface area (TPSA) is 93.0 Å². The Hall–Kier alpha value is -2.64. The van der Waals surface area contributed by atoms with E-state index in [9.17, 15) is 19.7 Å². The van der Waals surface area contributed by atoms with Crippen molar-refractivity contribution in [1.82, 2.24) is 9.80 Å². The number of hydrogen-bond acceptors (Lipinski definition) is 5. The summed E-state index contributed by atoms with van der Waals surface area (Å²) in [7, 11) is 0. The molecule has 0 unspecified atom stereocenters. The molecule has 1 aromatic carbocycles. The van der Waals surface area contributed by atoms with E-state index < -0.39 is 4.92 Å². The van der Waals surface area contributed by atoms with Crippen LogP contribution in [0.3, 0.4) is 0 Å². The van der Waals surface area contributed by atoms with E-state index in [0.29, 0.717) is 31.9 Å². The molecule has 2 amide bonds. The van der Waals surface area contributed by atoms with E-state index in [0.717, 1.165) is 12.8 Å². The van der Waals surface area contributed by atoms with Crippen LogP contribution in [0.2, 0.25) is 0 Å². The number of piperazine rings is 1. The van der Waals surface area contributed by atoms with Crippen molar-refractivity contribution in [2.45, 2.75) is 12.8 Å². The normalized spacial score (nSPS) is 17.5. The Balaban J connectivity index is 1.46. The summed E-state index contributed by atoms with van der Waals surface area (Å²) < 4.78 is 5.36. The van der Waals surface area contributed by atoms with Gasteiger partial charge in [-0.3, -0.25) is 19.7 Å². The first-order valence-corrected chi connectivity index (χ1v) is 7.98. The number of nitrogens with zero attached hydrogens (tertiary/aromatic N) is 3. The summed E-state index contributed by atoms with van der Waals surface area (Å²) in [6, 6.07) is 5.75. The number of non-ortho nitro benzene ring substituents is 1. The molecule has 8 nitrogen and oxygen atoms in total. The summed E-state index contributed by atoms with van der Waals surface area (Å²) >= 11 is 0. The molecule has 128 valence electrons. The quantitative estimate of drug-likeness (QED) is 0.593. The van der Waals surface area contributed by atoms with Gasteiger partial charge in [-0.1, -0.05) is 6.07 Å². The number of hydrogen-bond donors (Lipinski definition) is 0. The van der Waals surface area contributed by atoms with Crippen LogP contribution in [-0.2, 0) is 9.59 Å². The molecule has 3 rings (SSSR count). The van der Waals surface area contributed by atoms with Crippen molar-refractivity contribution < 1.29 is 19.2 Å². The van der Waals surface area contributed by atoms with E-state index in [2.05, 4.69) is 0 Å². The van der Waals surface area contributed by atoms with Gasteiger partial charge in [0.15, 0.2) is 6.61 Å². The van der Waals surface area contributed by atoms with Crippen molar-refractivity contribution in [2.24, 2.45) is 5.92 Å². The first-order valence-electron chi connectivity index (χ1n) is 7.98. The van der Waals surface area contributed by atoms with E-state index in [4.69, 9.17) is 4.74 Å². The zero-order valence-electron chi connectivity index (χ0n) is 13.2. The number of nitro groups is 1. The Bertz CT molecular complexity index is 651. The molecule has 24 heavy (non-hydrogen) atoms. The molecule has 8 heteroatoms. The Morgan fingerprint density at radius 2 is 1.83 bits per heavy atom. The van der Waals surface area contributed by atoms with Crippen LogP contribution in [0, 0.1) is 16.0 Å². The third kappa shape index (κ3) is 3.81. The fraction of sp³-hybridized carbons (Fsp3) is 0.500. The van der Waals surface area contributed by atoms with Gasteiger partial charge in [0.25, 0.3) is 11.6 Å². The molecule has 2 fully saturated rings. The van der Waals surface area contributed by atoms with Crippen LogP contribution in [0.25, 0.3) is 0 Å². The molecule has 0 N–H and O–H groups in total. The zero-order chi connectivity index (χ0) is 17.1. The van der Waals surface area contributed by atoms with Gasteiger partial charge in [-0.2, -0.15) is 0 Å². The van der Waals surface area contributed by atoms with Crippen LogP contribution >= 0.6 is 0 Å². The van der Waals surface area contributed by atoms with Crippen LogP contribution in [0.1, 0.15) is 12.8 Å². The second-order valence-electron chi connectivity index (χ2n) is 6.02. The fourth-order valence-corrected chi connectivity index (χ4v) is 2.69. The second-order valence-corrected chi connectivity index (χ2v) is 6.02. The molecule has 0 radical (unpaired) electrons. The highest BCUT2D eigenvalue weighted by atomic mass is 16.6. The summed E-state index contributed by atoms with van der Waals surface area (Å²) in [6.45, 7) is 1.93. The molecule has 0 spiro atoms. The molecular weight excluding hydrogens is 314 g/mol. The first-order chi connectivity index (χ1) is 11.5. The maximum Gasteiger partial charge on any atom is 0.273 e. The standard InChI is InChI=1S/C16H19N3O5/c20-15(11-24-14-3-1-2-13(10-14)19(22)23)17-6-8-18(9-7-17)16(21)12-4-5-12/h1-3,10,12H,4-9,11H2. The first kappa shape index (κ1) is 16.2. The Morgan fingerprint density at radius 1 is 1.17 bits per heavy atom. The largest absolute Gasteiger partial charge is 0.484 e. The van der Waals surface area contributed by atoms with E-state index in [1.165, 1.54) is 18.2 Å². The highest BCUT2D eigenvalue weighted by Crippen LogP contribution is 2.31. The summed E-state index contributed by atoms with van der Waals surface area (Å²) in [6.07, 6.45) is 1.96. The fourth-order valence-electron chi connectivity index (χ4n) is 2.69. The van der Waals surface area contributed by atoms with Crippen LogP contribution in [0.5, 0.6) is 5.75 Å². The van der Waals surface area contributed by atoms with Crippen molar-refractivity contribution in [2.75, 3.05) is 32.8 Å². The molecule has 1 saturated heterocycles. The number of carbonyl (C=O) groups excluding carboxylic acids is 2. The van der Waals surface area contributed by atoms with Gasteiger partial charge in [0, 0.05) is 38.2 Å². The van der Waals surface area contributed by atoms with Gasteiger partial charge >= 0.3 is 0 Å². The minimum absolute atomic E-state index is 0.0767. The lowest BCUT2D eigenvalue weighted by Gasteiger charge is -2.34. The molecule has 1 heterocycles. The molecule has 1 aliphatic heterocycles. The smallest absolute Gasteiger partial charge is 0.273 e. The van der Waals surface area contributed by atoms with E-state index >= 15 is 0 Å². The SMILES string of the molecule is O=C(COc1cccc([N+](=O)[O-])c1)N1CCN(C(=O)C2CC2)CC1. The van der Waals surface area contributed by atoms with Crippen molar-refractivity contribution in [3.8, 4) is 5.75 Å². The predicted octanol–water partition coefficient (Wildman–Crippen LogP) is 1.05. The summed E-state index contributed by atoms with van der Waals surface area (Å²) in [5.74, 6) is 0.513. The lowest BCUT2D eigenvalue weighted by atomic mass is 10.2. The number of amides is 2. The molecule has 0 atom stereocenters. The minimum atomic E-state index is -0.509. The van der Waals surface area contributed by atoms with Gasteiger partial charge in [0.2, 0.25) is 5.91 Å². The van der Waals surface area contributed by atoms with E-state index in [1.54, 1.807) is 11.0 Å². The average molecular weight is 333 g/mol. The van der Waals surface area contributed by atoms with Crippen molar-refractivity contribution in [3.05, 3.63) is 34.4 Å². The van der Waals surface area contributed by atoms with Gasteiger partial charge in [0.05, 0.1) is 11.0 Å². The van der Waals surface area contributed by atoms with E-state index in [1.807, 2.05) is 4.90 Å². The van der Waals surface area contributed by atoms with Crippen LogP contribution in [-0.4, -0.2) is 59.3 Å². The van der Waals surface area contributed by atoms with Crippen LogP contribution < -0.4 is 4.74 Å². The zero-order valence-corrected chi connectivity index (χ0v) is 13.2. The second kappa shape index (κ2) is 6.86. The Morgan fingerprint density at radius 3 is 2.46 bits per heavy atom. The third-order valence-corrected chi connectivity index (χ3v) is 4.26. The lowest BCUT2D eigenvalue weighted by Crippen LogP contribution is -2.52. The molecule has 2 aliphatic rings.